The number of rotatable bonds is 39. The molecule has 726 valence electrons. The van der Waals surface area contributed by atoms with Gasteiger partial charge >= 0.3 is 42.6 Å². The van der Waals surface area contributed by atoms with Crippen LogP contribution in [0.5, 0.6) is 5.75 Å². The third kappa shape index (κ3) is 26.7. The maximum absolute atomic E-state index is 13.9. The lowest BCUT2D eigenvalue weighted by molar-refractivity contribution is -0.218. The summed E-state index contributed by atoms with van der Waals surface area (Å²) in [6, 6.07) is 15.7. The molecular weight excluding hydrogens is 1800 g/mol. The number of nitrogen functional groups attached to an aromatic ring is 1. The zero-order valence-corrected chi connectivity index (χ0v) is 77.1. The van der Waals surface area contributed by atoms with Crippen molar-refractivity contribution in [2.45, 2.75) is 183 Å². The van der Waals surface area contributed by atoms with Crippen LogP contribution in [0.1, 0.15) is 157 Å². The number of anilines is 3. The minimum Gasteiger partial charge on any atom is -0.496 e. The lowest BCUT2D eigenvalue weighted by atomic mass is 9.49. The van der Waals surface area contributed by atoms with Crippen LogP contribution in [-0.4, -0.2) is 266 Å². The summed E-state index contributed by atoms with van der Waals surface area (Å²) in [6.45, 7) is 12.6. The maximum atomic E-state index is 13.9. The number of aliphatic hydroxyl groups excluding tert-OH is 1. The number of hydrogen-bond donors (Lipinski definition) is 14. The fourth-order valence-corrected chi connectivity index (χ4v) is 21.2. The number of amides is 4. The van der Waals surface area contributed by atoms with Crippen molar-refractivity contribution in [1.29, 1.82) is 0 Å². The van der Waals surface area contributed by atoms with Gasteiger partial charge in [0.2, 0.25) is 17.8 Å². The van der Waals surface area contributed by atoms with E-state index >= 15 is 0 Å². The molecule has 44 nitrogen and oxygen atoms in total. The van der Waals surface area contributed by atoms with E-state index in [0.29, 0.717) is 125 Å². The first-order chi connectivity index (χ1) is 64.5. The van der Waals surface area contributed by atoms with Crippen LogP contribution in [0.4, 0.5) is 17.3 Å². The van der Waals surface area contributed by atoms with E-state index in [0.717, 1.165) is 39.0 Å². The number of benzene rings is 3. The average Bonchev–Trinajstić information content (AvgIpc) is 1.48. The number of ketones is 3. The lowest BCUT2D eigenvalue weighted by Crippen LogP contribution is -2.83. The van der Waals surface area contributed by atoms with Crippen molar-refractivity contribution in [3.05, 3.63) is 123 Å². The zero-order valence-electron chi connectivity index (χ0n) is 75.5. The van der Waals surface area contributed by atoms with E-state index in [1.165, 1.54) is 34.7 Å². The van der Waals surface area contributed by atoms with Crippen LogP contribution in [0, 0.1) is 23.2 Å². The molecule has 3 fully saturated rings. The van der Waals surface area contributed by atoms with Crippen molar-refractivity contribution in [3.8, 4) is 5.75 Å². The molecule has 2 saturated heterocycles. The minimum absolute atomic E-state index is 0.0508. The fourth-order valence-electron chi connectivity index (χ4n) is 19.3. The number of Topliss-reactive ketones (excluding diaryl/α,β-unsaturated/α-hetero) is 3. The first-order valence-electron chi connectivity index (χ1n) is 43.2. The summed E-state index contributed by atoms with van der Waals surface area (Å²) in [5.74, 6) is -5.56. The highest BCUT2D eigenvalue weighted by Crippen LogP contribution is 2.67. The number of ether oxygens (including phenoxy) is 3. The number of aromatic amines is 2. The molecule has 1 saturated carbocycles. The Labute approximate surface area is 781 Å². The topological polar surface area (TPSA) is 672 Å². The number of fused-ring (bicyclic) bond motifs is 7. The molecule has 6 aliphatic rings. The number of para-hydroxylation sites is 1. The summed E-state index contributed by atoms with van der Waals surface area (Å²) in [6.07, 6.45) is 9.20. The van der Waals surface area contributed by atoms with Crippen LogP contribution in [0.25, 0.3) is 22.1 Å². The number of methoxy groups -OCH3 is 1. The number of aliphatic imine (C=N–C) groups is 1. The Morgan fingerprint density at radius 3 is 2.13 bits per heavy atom. The summed E-state index contributed by atoms with van der Waals surface area (Å²) in [5, 5.41) is 51.3. The van der Waals surface area contributed by atoms with Gasteiger partial charge in [-0.3, -0.25) is 68.4 Å². The van der Waals surface area contributed by atoms with E-state index in [2.05, 4.69) is 90.0 Å². The van der Waals surface area contributed by atoms with Crippen molar-refractivity contribution in [2.75, 3.05) is 101 Å². The van der Waals surface area contributed by atoms with Crippen LogP contribution in [-0.2, 0) is 120 Å². The maximum Gasteiger partial charge on any atom is 0.398 e. The molecule has 3 aromatic carbocycles. The van der Waals surface area contributed by atoms with Crippen LogP contribution in [0.15, 0.2) is 88.8 Å². The standard InChI is InChI=1S/C84H112N18O16S2.5CO2/c1-8-80(114)40-51-41-82(46-117-47-103,67-57(25-31-101(44-51)45-80)56-17-10-11-18-60(56)94-67)59-38-58-62(39-65(59)116-7)100(6)76-83(58)27-32-102-30-15-26-81(9-2,75(83)102)77(113)84(76,115)99-98-73(111)74(112)118-33-35-120-119-34-14-20-63(105)50(5)92-69(107)49(4)37-64(106)61(19-13-29-89-78(85)86)95-70(108)48(3)36-55(104)16-12-28-88-71(109)52-21-23-53(24-22-52)90-42-54-43-91-68-66(93-54)72(110)97-79(87)96-68;5*2-1-3/h10-11,15,17-18,21-24,26,38-39,43,47-51,61,75-77,90,94,99,113-115H,8-9,12-14,16,19-20,25,27-37,40-42,44-46H2,1-7H3,(H,88,109)(H,92,107)(H,95,108)(H,98,111)(H4,85,86,89)(H3,87,91,96,97,110);;;;;/t48-,49-,50+,51-,61+,75+,76-,77-,80?,81-,82+,83-,84+;;;;;/m1...../s1. The van der Waals surface area contributed by atoms with Crippen molar-refractivity contribution in [3.63, 3.8) is 0 Å². The Morgan fingerprint density at radius 1 is 0.793 bits per heavy atom. The summed E-state index contributed by atoms with van der Waals surface area (Å²) < 4.78 is 18.0. The summed E-state index contributed by atoms with van der Waals surface area (Å²) in [7, 11) is 6.22. The molecule has 1 aliphatic carbocycles. The van der Waals surface area contributed by atoms with Gasteiger partial charge in [-0.1, -0.05) is 79.6 Å². The lowest BCUT2D eigenvalue weighted by Gasteiger charge is -2.64. The summed E-state index contributed by atoms with van der Waals surface area (Å²) in [5.41, 5.74) is 22.0. The molecule has 3 aromatic heterocycles. The Balaban J connectivity index is 0.00000155. The predicted octanol–water partition coefficient (Wildman–Crippen LogP) is 0.846. The van der Waals surface area contributed by atoms with Crippen molar-refractivity contribution in [1.82, 2.24) is 61.5 Å². The fraction of sp³-hybridized carbons (Fsp3) is 0.517. The van der Waals surface area contributed by atoms with Gasteiger partial charge in [0.05, 0.1) is 54.7 Å². The number of aliphatic hydroxyl groups is 3. The van der Waals surface area contributed by atoms with E-state index in [-0.39, 0.29) is 154 Å². The van der Waals surface area contributed by atoms with E-state index in [1.54, 1.807) is 45.2 Å². The van der Waals surface area contributed by atoms with Gasteiger partial charge in [0.1, 0.15) is 30.9 Å². The molecule has 4 amide bonds. The molecule has 6 aromatic rings. The molecule has 12 rings (SSSR count). The van der Waals surface area contributed by atoms with E-state index < -0.39 is 98.7 Å². The molecule has 2 unspecified atom stereocenters. The average molecular weight is 1910 g/mol. The van der Waals surface area contributed by atoms with Crippen LogP contribution >= 0.6 is 21.6 Å². The van der Waals surface area contributed by atoms with Crippen molar-refractivity contribution in [2.24, 2.45) is 39.6 Å². The SMILES string of the molecule is CCC1(O)C[C@H]2CN(CCc3c([nH]c4ccccc34)[C@@](COC=O)(c3cc4c(cc3OC)N(C)[C@H]3[C@@](O)(NNC(=O)C(=O)OCCSSCCCC(=O)[C@H](C)NC(=O)[C@H](C)CC(=O)[C@H](CCCN=C(N)N)NC(=O)[C@H](C)CC(=O)CCCNC(=O)c5ccc(NCc6cnc7nc(N)[nH]c(=O)c7n6)cc5)[C@H](O)[C@]5(CC)C=CCN6CC[C@]43[C@@H]65)C2)C1.O=C=O.O=C=O.O=C=O.O=C=O.O=C=O. The molecule has 46 heteroatoms. The number of hydrazine groups is 1. The number of aromatic nitrogens is 5. The number of guanidine groups is 1. The van der Waals surface area contributed by atoms with Crippen LogP contribution in [0.3, 0.4) is 0 Å². The predicted molar refractivity (Wildman–Crippen MR) is 480 cm³/mol. The second-order valence-electron chi connectivity index (χ2n) is 33.3. The third-order valence-corrected chi connectivity index (χ3v) is 27.5. The summed E-state index contributed by atoms with van der Waals surface area (Å²) in [4.78, 5) is 243. The Hall–Kier alpha value is -13.2. The van der Waals surface area contributed by atoms with E-state index in [1.807, 2.05) is 56.1 Å². The second kappa shape index (κ2) is 51.3. The van der Waals surface area contributed by atoms with Gasteiger partial charge < -0.3 is 77.9 Å². The second-order valence-corrected chi connectivity index (χ2v) is 36.0. The third-order valence-electron chi connectivity index (χ3n) is 25.0. The quantitative estimate of drug-likeness (QED) is 0.00243. The molecule has 5 aliphatic heterocycles. The van der Waals surface area contributed by atoms with Gasteiger partial charge in [-0.05, 0) is 131 Å². The highest BCUT2D eigenvalue weighted by molar-refractivity contribution is 8.76. The number of piperidine rings is 1. The van der Waals surface area contributed by atoms with Gasteiger partial charge in [-0.15, -0.1) is 0 Å². The molecular formula is C89H112N18O26S2. The molecule has 1 spiro atoms. The summed E-state index contributed by atoms with van der Waals surface area (Å²) >= 11 is 0. The van der Waals surface area contributed by atoms with Crippen molar-refractivity contribution >= 4 is 151 Å². The molecule has 8 heterocycles. The number of carbonyl (C=O) groups is 9. The number of esters is 1. The molecule has 135 heavy (non-hydrogen) atoms. The van der Waals surface area contributed by atoms with Crippen molar-refractivity contribution < 1.29 is 121 Å². The Kier molecular flexibility index (Phi) is 41.4. The van der Waals surface area contributed by atoms with Gasteiger partial charge in [0.15, 0.2) is 34.4 Å². The molecule has 0 radical (unpaired) electrons. The number of likely N-dealkylation sites (N-methyl/N-ethyl adjacent to an activating group) is 1. The van der Waals surface area contributed by atoms with Crippen LogP contribution in [0.2, 0.25) is 0 Å². The highest BCUT2D eigenvalue weighted by atomic mass is 33.1. The van der Waals surface area contributed by atoms with E-state index in [4.69, 9.17) is 79.4 Å². The number of hydrogen-bond acceptors (Lipinski definition) is 38. The number of carbonyl (C=O) groups excluding carboxylic acids is 19. The number of nitrogens with one attached hydrogen (secondary N) is 8. The first kappa shape index (κ1) is 109. The number of nitrogens with zero attached hydrogens (tertiary/aromatic N) is 7. The minimum atomic E-state index is -2.33. The molecule has 14 atom stereocenters. The Bertz CT molecular complexity index is 5430. The smallest absolute Gasteiger partial charge is 0.398 e. The Morgan fingerprint density at radius 2 is 1.47 bits per heavy atom. The monoisotopic (exact) mass is 1910 g/mol. The number of nitrogens with two attached hydrogens (primary N) is 3. The first-order valence-corrected chi connectivity index (χ1v) is 45.7. The van der Waals surface area contributed by atoms with Gasteiger partial charge in [-0.2, -0.15) is 58.4 Å². The zero-order chi connectivity index (χ0) is 99.5. The normalized spacial score (nSPS) is 22.4. The molecule has 17 N–H and O–H groups in total. The van der Waals surface area contributed by atoms with Crippen LogP contribution < -0.4 is 64.5 Å². The van der Waals surface area contributed by atoms with E-state index in [9.17, 15) is 63.3 Å². The van der Waals surface area contributed by atoms with Gasteiger partial charge in [0, 0.05) is 157 Å². The largest absolute Gasteiger partial charge is 0.496 e. The number of H-pyrrole nitrogens is 2. The van der Waals surface area contributed by atoms with Gasteiger partial charge in [0.25, 0.3) is 17.9 Å². The highest BCUT2D eigenvalue weighted by Gasteiger charge is 2.77. The molecule has 2 bridgehead atoms. The van der Waals surface area contributed by atoms with Gasteiger partial charge in [-0.25, -0.2) is 14.8 Å².